The minimum atomic E-state index is 0.180. The molecule has 2 aromatic rings. The van der Waals surface area contributed by atoms with Gasteiger partial charge >= 0.3 is 0 Å². The smallest absolute Gasteiger partial charge is 0.224 e. The lowest BCUT2D eigenvalue weighted by Gasteiger charge is -2.02. The monoisotopic (exact) mass is 251 g/mol. The molecule has 1 N–H and O–H groups in total. The van der Waals surface area contributed by atoms with Gasteiger partial charge in [0.25, 0.3) is 0 Å². The molecule has 0 saturated carbocycles. The molecule has 5 nitrogen and oxygen atoms in total. The van der Waals surface area contributed by atoms with Crippen molar-refractivity contribution in [2.24, 2.45) is 0 Å². The number of nitrogens with zero attached hydrogens (tertiary/aromatic N) is 4. The lowest BCUT2D eigenvalue weighted by Crippen LogP contribution is -1.95. The first-order valence-corrected chi connectivity index (χ1v) is 5.51. The number of halogens is 1. The summed E-state index contributed by atoms with van der Waals surface area (Å²) in [5.74, 6) is 0.566. The van der Waals surface area contributed by atoms with Crippen LogP contribution in [0.3, 0.4) is 0 Å². The Kier molecular flexibility index (Phi) is 2.99. The van der Waals surface area contributed by atoms with E-state index in [2.05, 4.69) is 20.3 Å². The predicted molar refractivity (Wildman–Crippen MR) is 61.9 cm³/mol. The summed E-state index contributed by atoms with van der Waals surface area (Å²) in [7, 11) is 0. The lowest BCUT2D eigenvalue weighted by molar-refractivity contribution is 1.10. The zero-order valence-corrected chi connectivity index (χ0v) is 9.80. The van der Waals surface area contributed by atoms with Crippen molar-refractivity contribution in [1.29, 1.82) is 5.26 Å². The number of hydrogen-bond acceptors (Lipinski definition) is 6. The summed E-state index contributed by atoms with van der Waals surface area (Å²) in [6.07, 6.45) is 1.50. The summed E-state index contributed by atoms with van der Waals surface area (Å²) in [5.41, 5.74) is 0.763. The zero-order valence-electron chi connectivity index (χ0n) is 8.23. The molecule has 0 unspecified atom stereocenters. The molecule has 0 aliphatic heterocycles. The van der Waals surface area contributed by atoms with Crippen molar-refractivity contribution < 1.29 is 0 Å². The normalized spacial score (nSPS) is 9.81. The summed E-state index contributed by atoms with van der Waals surface area (Å²) in [6.45, 7) is 1.82. The van der Waals surface area contributed by atoms with Crippen molar-refractivity contribution in [3.8, 4) is 6.07 Å². The first kappa shape index (κ1) is 10.8. The number of aryl methyl sites for hydroxylation is 1. The van der Waals surface area contributed by atoms with Crippen LogP contribution in [-0.4, -0.2) is 15.0 Å². The van der Waals surface area contributed by atoms with E-state index in [1.54, 1.807) is 6.07 Å². The minimum Gasteiger partial charge on any atom is -0.316 e. The fourth-order valence-electron chi connectivity index (χ4n) is 1.09. The van der Waals surface area contributed by atoms with E-state index in [0.717, 1.165) is 5.69 Å². The molecule has 0 bridgehead atoms. The van der Waals surface area contributed by atoms with Gasteiger partial charge in [-0.2, -0.15) is 5.26 Å². The molecule has 2 aromatic heterocycles. The van der Waals surface area contributed by atoms with Crippen LogP contribution in [0.4, 0.5) is 10.9 Å². The number of nitrogens with one attached hydrogen (secondary N) is 1. The van der Waals surface area contributed by atoms with Gasteiger partial charge in [0, 0.05) is 11.8 Å². The molecule has 0 fully saturated rings. The van der Waals surface area contributed by atoms with Crippen LogP contribution in [0.25, 0.3) is 0 Å². The molecule has 0 spiro atoms. The molecule has 80 valence electrons. The second-order valence-corrected chi connectivity index (χ2v) is 4.30. The molecular formula is C9H6ClN5S. The number of thiazole rings is 1. The molecular weight excluding hydrogens is 246 g/mol. The topological polar surface area (TPSA) is 74.5 Å². The highest BCUT2D eigenvalue weighted by molar-refractivity contribution is 7.16. The second-order valence-electron chi connectivity index (χ2n) is 2.93. The van der Waals surface area contributed by atoms with Crippen molar-refractivity contribution in [2.45, 2.75) is 6.92 Å². The van der Waals surface area contributed by atoms with Gasteiger partial charge in [0.2, 0.25) is 5.28 Å². The van der Waals surface area contributed by atoms with Crippen molar-refractivity contribution in [3.63, 3.8) is 0 Å². The van der Waals surface area contributed by atoms with Crippen LogP contribution < -0.4 is 5.32 Å². The molecule has 16 heavy (non-hydrogen) atoms. The highest BCUT2D eigenvalue weighted by atomic mass is 35.5. The van der Waals surface area contributed by atoms with E-state index in [1.165, 1.54) is 17.5 Å². The molecule has 0 aromatic carbocycles. The van der Waals surface area contributed by atoms with E-state index < -0.39 is 0 Å². The third kappa shape index (κ3) is 2.45. The zero-order chi connectivity index (χ0) is 11.5. The van der Waals surface area contributed by atoms with Crippen LogP contribution >= 0.6 is 22.9 Å². The maximum absolute atomic E-state index is 8.65. The van der Waals surface area contributed by atoms with Gasteiger partial charge in [-0.25, -0.2) is 15.0 Å². The molecule has 0 amide bonds. The van der Waals surface area contributed by atoms with Crippen molar-refractivity contribution >= 4 is 33.9 Å². The van der Waals surface area contributed by atoms with Gasteiger partial charge < -0.3 is 5.32 Å². The summed E-state index contributed by atoms with van der Waals surface area (Å²) in [6, 6.07) is 3.76. The first-order valence-electron chi connectivity index (χ1n) is 4.31. The van der Waals surface area contributed by atoms with E-state index >= 15 is 0 Å². The largest absolute Gasteiger partial charge is 0.316 e. The number of anilines is 2. The van der Waals surface area contributed by atoms with Gasteiger partial charge in [0.15, 0.2) is 5.13 Å². The van der Waals surface area contributed by atoms with E-state index in [4.69, 9.17) is 16.9 Å². The van der Waals surface area contributed by atoms with E-state index in [9.17, 15) is 0 Å². The van der Waals surface area contributed by atoms with E-state index in [0.29, 0.717) is 15.8 Å². The molecule has 0 atom stereocenters. The Morgan fingerprint density at radius 1 is 1.50 bits per heavy atom. The summed E-state index contributed by atoms with van der Waals surface area (Å²) in [5, 5.41) is 12.4. The maximum atomic E-state index is 8.65. The quantitative estimate of drug-likeness (QED) is 0.830. The highest BCUT2D eigenvalue weighted by Gasteiger charge is 2.04. The van der Waals surface area contributed by atoms with Gasteiger partial charge in [0.05, 0.1) is 6.20 Å². The Morgan fingerprint density at radius 3 is 2.94 bits per heavy atom. The van der Waals surface area contributed by atoms with Crippen molar-refractivity contribution in [2.75, 3.05) is 5.32 Å². The molecule has 0 aliphatic rings. The fraction of sp³-hybridized carbons (Fsp3) is 0.111. The number of nitriles is 1. The van der Waals surface area contributed by atoms with Crippen molar-refractivity contribution in [3.05, 3.63) is 28.1 Å². The minimum absolute atomic E-state index is 0.180. The molecule has 2 rings (SSSR count). The summed E-state index contributed by atoms with van der Waals surface area (Å²) < 4.78 is 0. The molecule has 7 heteroatoms. The highest BCUT2D eigenvalue weighted by Crippen LogP contribution is 2.21. The molecule has 0 aliphatic carbocycles. The summed E-state index contributed by atoms with van der Waals surface area (Å²) >= 11 is 6.97. The van der Waals surface area contributed by atoms with Crippen LogP contribution in [0.2, 0.25) is 5.28 Å². The van der Waals surface area contributed by atoms with E-state index in [1.807, 2.05) is 13.0 Å². The first-order chi connectivity index (χ1) is 7.67. The van der Waals surface area contributed by atoms with Gasteiger partial charge in [-0.3, -0.25) is 0 Å². The number of rotatable bonds is 2. The van der Waals surface area contributed by atoms with Gasteiger partial charge in [-0.1, -0.05) is 11.3 Å². The Balaban J connectivity index is 2.23. The third-order valence-corrected chi connectivity index (χ3v) is 2.66. The molecule has 0 radical (unpaired) electrons. The van der Waals surface area contributed by atoms with Gasteiger partial charge in [0.1, 0.15) is 16.8 Å². The Bertz CT molecular complexity index is 539. The number of hydrogen-bond donors (Lipinski definition) is 1. The average molecular weight is 252 g/mol. The summed E-state index contributed by atoms with van der Waals surface area (Å²) in [4.78, 5) is 12.5. The van der Waals surface area contributed by atoms with Gasteiger partial charge in [-0.15, -0.1) is 0 Å². The maximum Gasteiger partial charge on any atom is 0.224 e. The predicted octanol–water partition coefficient (Wildman–Crippen LogP) is 2.51. The average Bonchev–Trinajstić information content (AvgIpc) is 2.64. The van der Waals surface area contributed by atoms with Crippen molar-refractivity contribution in [1.82, 2.24) is 15.0 Å². The third-order valence-electron chi connectivity index (χ3n) is 1.68. The van der Waals surface area contributed by atoms with Gasteiger partial charge in [-0.05, 0) is 18.5 Å². The van der Waals surface area contributed by atoms with Crippen LogP contribution in [0, 0.1) is 18.3 Å². The van der Waals surface area contributed by atoms with Crippen LogP contribution in [0.5, 0.6) is 0 Å². The Morgan fingerprint density at radius 2 is 2.31 bits per heavy atom. The standard InChI is InChI=1S/C9H6ClN5S/c1-5-2-7(14-8(10)13-5)15-9-12-4-6(3-11)16-9/h2,4H,1H3,(H,12,13,14,15). The number of aromatic nitrogens is 3. The van der Waals surface area contributed by atoms with Crippen LogP contribution in [0.15, 0.2) is 12.3 Å². The lowest BCUT2D eigenvalue weighted by atomic mass is 10.4. The second kappa shape index (κ2) is 4.43. The Labute approximate surface area is 101 Å². The SMILES string of the molecule is Cc1cc(Nc2ncc(C#N)s2)nc(Cl)n1. The fourth-order valence-corrected chi connectivity index (χ4v) is 1.93. The Hall–Kier alpha value is -1.71. The van der Waals surface area contributed by atoms with Crippen LogP contribution in [0.1, 0.15) is 10.6 Å². The molecule has 2 heterocycles. The molecule has 0 saturated heterocycles. The van der Waals surface area contributed by atoms with E-state index in [-0.39, 0.29) is 5.28 Å². The van der Waals surface area contributed by atoms with Crippen LogP contribution in [-0.2, 0) is 0 Å².